The molecule has 0 radical (unpaired) electrons. The van der Waals surface area contributed by atoms with Crippen LogP contribution in [0.1, 0.15) is 12.8 Å². The molecule has 78 valence electrons. The van der Waals surface area contributed by atoms with Crippen LogP contribution in [0.3, 0.4) is 0 Å². The Labute approximate surface area is 93.5 Å². The minimum absolute atomic E-state index is 0.0583. The van der Waals surface area contributed by atoms with E-state index < -0.39 is 4.33 Å². The lowest BCUT2D eigenvalue weighted by molar-refractivity contribution is -0.139. The fourth-order valence-corrected chi connectivity index (χ4v) is 1.89. The topological polar surface area (TPSA) is 26.3 Å². The molecule has 0 heterocycles. The molecule has 0 saturated heterocycles. The minimum Gasteiger partial charge on any atom is -0.469 e. The minimum atomic E-state index is -0.705. The Morgan fingerprint density at radius 2 is 2.29 bits per heavy atom. The Bertz CT molecular complexity index is 282. The highest BCUT2D eigenvalue weighted by atomic mass is 35.5. The van der Waals surface area contributed by atoms with Crippen LogP contribution in [0.15, 0.2) is 24.3 Å². The average Bonchev–Trinajstić information content (AvgIpc) is 2.74. The van der Waals surface area contributed by atoms with Gasteiger partial charge in [0.2, 0.25) is 0 Å². The van der Waals surface area contributed by atoms with Crippen molar-refractivity contribution in [3.05, 3.63) is 24.3 Å². The molecule has 0 unspecified atom stereocenters. The van der Waals surface area contributed by atoms with Gasteiger partial charge in [-0.15, -0.1) is 23.2 Å². The summed E-state index contributed by atoms with van der Waals surface area (Å²) in [5, 5.41) is 0. The second-order valence-electron chi connectivity index (χ2n) is 3.25. The van der Waals surface area contributed by atoms with Crippen molar-refractivity contribution in [2.45, 2.75) is 17.2 Å². The van der Waals surface area contributed by atoms with Crippen LogP contribution in [0, 0.1) is 5.92 Å². The molecule has 0 amide bonds. The monoisotopic (exact) mass is 234 g/mol. The maximum absolute atomic E-state index is 11.1. The summed E-state index contributed by atoms with van der Waals surface area (Å²) in [5.74, 6) is -0.225. The maximum Gasteiger partial charge on any atom is 0.309 e. The molecule has 0 N–H and O–H groups in total. The van der Waals surface area contributed by atoms with Crippen LogP contribution in [0.4, 0.5) is 0 Å². The van der Waals surface area contributed by atoms with Gasteiger partial charge in [-0.05, 0) is 6.42 Å². The molecule has 1 aliphatic rings. The van der Waals surface area contributed by atoms with Crippen LogP contribution in [0.2, 0.25) is 0 Å². The van der Waals surface area contributed by atoms with E-state index in [1.54, 1.807) is 12.2 Å². The zero-order valence-electron chi connectivity index (χ0n) is 7.93. The van der Waals surface area contributed by atoms with Crippen molar-refractivity contribution in [1.29, 1.82) is 0 Å². The zero-order valence-corrected chi connectivity index (χ0v) is 9.44. The molecule has 0 aromatic rings. The van der Waals surface area contributed by atoms with E-state index in [4.69, 9.17) is 23.2 Å². The van der Waals surface area contributed by atoms with Gasteiger partial charge < -0.3 is 4.74 Å². The summed E-state index contributed by atoms with van der Waals surface area (Å²) >= 11 is 11.8. The van der Waals surface area contributed by atoms with Crippen molar-refractivity contribution >= 4 is 29.2 Å². The summed E-state index contributed by atoms with van der Waals surface area (Å²) in [4.78, 5) is 11.1. The standard InChI is InChI=1S/C10H12Cl2O2/c1-3-4-7(5-9(13)14-2)8-6-10(8,11)12/h3-4,8H,1,5-6H2,2H3/b7-4-/t8-/m1/s1. The van der Waals surface area contributed by atoms with Gasteiger partial charge in [0.1, 0.15) is 4.33 Å². The van der Waals surface area contributed by atoms with E-state index in [0.29, 0.717) is 6.42 Å². The predicted octanol–water partition coefficient (Wildman–Crippen LogP) is 2.86. The number of ether oxygens (including phenoxy) is 1. The first-order chi connectivity index (χ1) is 6.51. The van der Waals surface area contributed by atoms with E-state index in [2.05, 4.69) is 11.3 Å². The molecule has 1 atom stereocenters. The van der Waals surface area contributed by atoms with Crippen LogP contribution in [0.25, 0.3) is 0 Å². The quantitative estimate of drug-likeness (QED) is 0.425. The molecular formula is C10H12Cl2O2. The molecule has 0 spiro atoms. The smallest absolute Gasteiger partial charge is 0.309 e. The Morgan fingerprint density at radius 3 is 2.64 bits per heavy atom. The van der Waals surface area contributed by atoms with Crippen molar-refractivity contribution in [3.63, 3.8) is 0 Å². The summed E-state index contributed by atoms with van der Waals surface area (Å²) in [6.45, 7) is 3.58. The van der Waals surface area contributed by atoms with Crippen molar-refractivity contribution in [2.75, 3.05) is 7.11 Å². The van der Waals surface area contributed by atoms with Crippen LogP contribution >= 0.6 is 23.2 Å². The summed E-state index contributed by atoms with van der Waals surface area (Å²) < 4.78 is 3.87. The zero-order chi connectivity index (χ0) is 10.8. The van der Waals surface area contributed by atoms with Crippen molar-refractivity contribution in [1.82, 2.24) is 0 Å². The molecule has 2 nitrogen and oxygen atoms in total. The van der Waals surface area contributed by atoms with Gasteiger partial charge in [-0.2, -0.15) is 0 Å². The molecule has 1 rings (SSSR count). The lowest BCUT2D eigenvalue weighted by Gasteiger charge is -2.05. The summed E-state index contributed by atoms with van der Waals surface area (Å²) in [7, 11) is 1.36. The lowest BCUT2D eigenvalue weighted by Crippen LogP contribution is -2.05. The lowest BCUT2D eigenvalue weighted by atomic mass is 10.1. The van der Waals surface area contributed by atoms with E-state index >= 15 is 0 Å². The first-order valence-electron chi connectivity index (χ1n) is 4.27. The van der Waals surface area contributed by atoms with Gasteiger partial charge in [0.05, 0.1) is 13.5 Å². The van der Waals surface area contributed by atoms with Gasteiger partial charge in [0, 0.05) is 5.92 Å². The molecule has 1 aliphatic carbocycles. The Balaban J connectivity index is 2.63. The fourth-order valence-electron chi connectivity index (χ4n) is 1.30. The van der Waals surface area contributed by atoms with E-state index in [1.807, 2.05) is 0 Å². The number of carbonyl (C=O) groups excluding carboxylic acids is 1. The number of esters is 1. The highest BCUT2D eigenvalue weighted by molar-refractivity contribution is 6.51. The predicted molar refractivity (Wildman–Crippen MR) is 57.5 cm³/mol. The molecule has 0 aromatic heterocycles. The molecule has 0 aromatic carbocycles. The first kappa shape index (κ1) is 11.6. The number of allylic oxidation sites excluding steroid dienone is 2. The number of hydrogen-bond acceptors (Lipinski definition) is 2. The van der Waals surface area contributed by atoms with Crippen LogP contribution in [-0.2, 0) is 9.53 Å². The third kappa shape index (κ3) is 2.76. The van der Waals surface area contributed by atoms with Gasteiger partial charge in [0.25, 0.3) is 0 Å². The molecule has 14 heavy (non-hydrogen) atoms. The van der Waals surface area contributed by atoms with Gasteiger partial charge in [-0.1, -0.05) is 24.3 Å². The third-order valence-electron chi connectivity index (χ3n) is 2.18. The van der Waals surface area contributed by atoms with Crippen molar-refractivity contribution in [3.8, 4) is 0 Å². The number of alkyl halides is 2. The molecule has 0 bridgehead atoms. The number of carbonyl (C=O) groups is 1. The molecule has 1 saturated carbocycles. The second kappa shape index (κ2) is 4.37. The summed E-state index contributed by atoms with van der Waals surface area (Å²) in [6.07, 6.45) is 4.32. The first-order valence-corrected chi connectivity index (χ1v) is 5.03. The molecule has 4 heteroatoms. The SMILES string of the molecule is C=C/C=C(/CC(=O)OC)[C@H]1CC1(Cl)Cl. The largest absolute Gasteiger partial charge is 0.469 e. The fraction of sp³-hybridized carbons (Fsp3) is 0.500. The van der Waals surface area contributed by atoms with Crippen LogP contribution in [-0.4, -0.2) is 17.4 Å². The second-order valence-corrected chi connectivity index (χ2v) is 4.79. The van der Waals surface area contributed by atoms with E-state index in [-0.39, 0.29) is 18.3 Å². The van der Waals surface area contributed by atoms with E-state index in [9.17, 15) is 4.79 Å². The highest BCUT2D eigenvalue weighted by Crippen LogP contribution is 2.57. The highest BCUT2D eigenvalue weighted by Gasteiger charge is 2.53. The van der Waals surface area contributed by atoms with E-state index in [0.717, 1.165) is 5.57 Å². The number of methoxy groups -OCH3 is 1. The molecular weight excluding hydrogens is 223 g/mol. The number of hydrogen-bond donors (Lipinski definition) is 0. The summed E-state index contributed by atoms with van der Waals surface area (Å²) in [6, 6.07) is 0. The van der Waals surface area contributed by atoms with Gasteiger partial charge >= 0.3 is 5.97 Å². The van der Waals surface area contributed by atoms with Gasteiger partial charge in [0.15, 0.2) is 0 Å². The molecule has 0 aliphatic heterocycles. The van der Waals surface area contributed by atoms with Crippen LogP contribution in [0.5, 0.6) is 0 Å². The number of rotatable bonds is 4. The Hall–Kier alpha value is -0.470. The van der Waals surface area contributed by atoms with E-state index in [1.165, 1.54) is 7.11 Å². The van der Waals surface area contributed by atoms with Gasteiger partial charge in [-0.25, -0.2) is 0 Å². The normalized spacial score (nSPS) is 24.2. The molecule has 1 fully saturated rings. The van der Waals surface area contributed by atoms with Gasteiger partial charge in [-0.3, -0.25) is 4.79 Å². The maximum atomic E-state index is 11.1. The van der Waals surface area contributed by atoms with Crippen molar-refractivity contribution < 1.29 is 9.53 Å². The Morgan fingerprint density at radius 1 is 1.71 bits per heavy atom. The number of halogens is 2. The summed E-state index contributed by atoms with van der Waals surface area (Å²) in [5.41, 5.74) is 0.886. The Kier molecular flexibility index (Phi) is 3.62. The van der Waals surface area contributed by atoms with Crippen LogP contribution < -0.4 is 0 Å². The third-order valence-corrected chi connectivity index (χ3v) is 3.02. The van der Waals surface area contributed by atoms with Crippen molar-refractivity contribution in [2.24, 2.45) is 5.92 Å². The average molecular weight is 235 g/mol.